The van der Waals surface area contributed by atoms with Gasteiger partial charge >= 0.3 is 0 Å². The summed E-state index contributed by atoms with van der Waals surface area (Å²) in [6.45, 7) is 5.07. The Labute approximate surface area is 237 Å². The number of carbonyl (C=O) groups is 1. The molecule has 8 nitrogen and oxygen atoms in total. The molecule has 2 aromatic rings. The average Bonchev–Trinajstić information content (AvgIpc) is 3.63. The van der Waals surface area contributed by atoms with E-state index < -0.39 is 0 Å². The lowest BCUT2D eigenvalue weighted by Gasteiger charge is -2.34. The van der Waals surface area contributed by atoms with Crippen LogP contribution in [-0.4, -0.2) is 53.6 Å². The zero-order chi connectivity index (χ0) is 28.0. The molecule has 2 saturated carbocycles. The summed E-state index contributed by atoms with van der Waals surface area (Å²) in [4.78, 5) is 25.9. The van der Waals surface area contributed by atoms with Crippen LogP contribution in [0, 0.1) is 34.5 Å². The second-order valence-corrected chi connectivity index (χ2v) is 11.2. The largest absolute Gasteiger partial charge is 0.492 e. The van der Waals surface area contributed by atoms with Gasteiger partial charge in [-0.05, 0) is 74.5 Å². The van der Waals surface area contributed by atoms with E-state index >= 15 is 0 Å². The zero-order valence-electron chi connectivity index (χ0n) is 23.4. The molecular formula is C32H38N6O2. The Bertz CT molecular complexity index is 1340. The number of rotatable bonds is 6. The van der Waals surface area contributed by atoms with Gasteiger partial charge in [0.15, 0.2) is 0 Å². The van der Waals surface area contributed by atoms with Crippen molar-refractivity contribution in [3.63, 3.8) is 0 Å². The molecule has 3 aliphatic rings. The number of nitrogens with zero attached hydrogens (tertiary/aromatic N) is 5. The smallest absolute Gasteiger partial charge is 0.298 e. The molecule has 0 bridgehead atoms. The molecule has 1 amide bonds. The first-order valence-corrected chi connectivity index (χ1v) is 14.5. The SMILES string of the molecule is CCOc1cnc(/C(C#N)=C\N)c(-c2ccc(N3CCN(C(=O)C#CCC4CCC5(CCCC5)C4)CC3)nc2)c1. The number of hydrogen-bond acceptors (Lipinski definition) is 7. The first-order valence-electron chi connectivity index (χ1n) is 14.5. The third kappa shape index (κ3) is 6.07. The Morgan fingerprint density at radius 1 is 1.18 bits per heavy atom. The van der Waals surface area contributed by atoms with Gasteiger partial charge in [-0.1, -0.05) is 18.8 Å². The highest BCUT2D eigenvalue weighted by Gasteiger charge is 2.40. The van der Waals surface area contributed by atoms with Crippen molar-refractivity contribution in [3.8, 4) is 34.8 Å². The van der Waals surface area contributed by atoms with Crippen molar-refractivity contribution in [2.24, 2.45) is 17.1 Å². The van der Waals surface area contributed by atoms with Crippen LogP contribution in [0.4, 0.5) is 5.82 Å². The van der Waals surface area contributed by atoms with Crippen molar-refractivity contribution in [2.45, 2.75) is 58.3 Å². The monoisotopic (exact) mass is 538 g/mol. The number of nitriles is 1. The quantitative estimate of drug-likeness (QED) is 0.417. The maximum atomic E-state index is 12.7. The number of nitrogens with two attached hydrogens (primary N) is 1. The molecule has 3 heterocycles. The molecule has 3 fully saturated rings. The topological polar surface area (TPSA) is 108 Å². The predicted molar refractivity (Wildman–Crippen MR) is 156 cm³/mol. The number of anilines is 1. The van der Waals surface area contributed by atoms with Gasteiger partial charge in [-0.15, -0.1) is 0 Å². The van der Waals surface area contributed by atoms with Crippen molar-refractivity contribution < 1.29 is 9.53 Å². The number of allylic oxidation sites excluding steroid dienone is 1. The maximum absolute atomic E-state index is 12.7. The Morgan fingerprint density at radius 3 is 2.65 bits per heavy atom. The first-order chi connectivity index (χ1) is 19.5. The van der Waals surface area contributed by atoms with E-state index in [1.807, 2.05) is 30.0 Å². The molecule has 40 heavy (non-hydrogen) atoms. The van der Waals surface area contributed by atoms with Gasteiger partial charge < -0.3 is 20.3 Å². The van der Waals surface area contributed by atoms with Crippen molar-refractivity contribution in [1.82, 2.24) is 14.9 Å². The van der Waals surface area contributed by atoms with Gasteiger partial charge in [0.25, 0.3) is 5.91 Å². The number of ether oxygens (including phenoxy) is 1. The van der Waals surface area contributed by atoms with E-state index in [4.69, 9.17) is 15.5 Å². The van der Waals surface area contributed by atoms with Crippen LogP contribution in [0.25, 0.3) is 16.7 Å². The van der Waals surface area contributed by atoms with Crippen molar-refractivity contribution >= 4 is 17.3 Å². The number of aromatic nitrogens is 2. The van der Waals surface area contributed by atoms with Gasteiger partial charge in [0.1, 0.15) is 17.6 Å². The van der Waals surface area contributed by atoms with Crippen LogP contribution in [0.1, 0.15) is 64.0 Å². The Hall–Kier alpha value is -4.04. The third-order valence-electron chi connectivity index (χ3n) is 8.72. The van der Waals surface area contributed by atoms with Crippen molar-refractivity contribution in [1.29, 1.82) is 5.26 Å². The molecule has 5 rings (SSSR count). The minimum absolute atomic E-state index is 0.0630. The minimum Gasteiger partial charge on any atom is -0.492 e. The standard InChI is InChI=1S/C32H38N6O2/c1-2-40-27-18-28(31(36-23-27)26(20-33)21-34)25-8-9-29(35-22-25)37-14-16-38(17-15-37)30(39)7-5-6-24-10-13-32(19-24)11-3-4-12-32/h8-9,18,20,22-24H,2-4,6,10-17,19,33H2,1H3/b26-20-. The van der Waals surface area contributed by atoms with E-state index in [0.717, 1.165) is 23.4 Å². The van der Waals surface area contributed by atoms with Crippen LogP contribution in [0.2, 0.25) is 0 Å². The molecule has 0 aromatic carbocycles. The van der Waals surface area contributed by atoms with E-state index in [2.05, 4.69) is 27.8 Å². The summed E-state index contributed by atoms with van der Waals surface area (Å²) in [5.74, 6) is 8.20. The van der Waals surface area contributed by atoms with E-state index in [0.29, 0.717) is 55.6 Å². The first kappa shape index (κ1) is 27.5. The summed E-state index contributed by atoms with van der Waals surface area (Å²) in [6, 6.07) is 7.88. The number of piperazine rings is 1. The summed E-state index contributed by atoms with van der Waals surface area (Å²) in [6.07, 6.45) is 15.0. The number of amides is 1. The van der Waals surface area contributed by atoms with Crippen LogP contribution in [0.5, 0.6) is 5.75 Å². The van der Waals surface area contributed by atoms with E-state index in [1.165, 1.54) is 51.1 Å². The van der Waals surface area contributed by atoms with Crippen molar-refractivity contribution in [2.75, 3.05) is 37.7 Å². The van der Waals surface area contributed by atoms with Gasteiger partial charge in [0.2, 0.25) is 0 Å². The maximum Gasteiger partial charge on any atom is 0.298 e. The molecule has 1 atom stereocenters. The summed E-state index contributed by atoms with van der Waals surface area (Å²) in [5.41, 5.74) is 8.59. The summed E-state index contributed by atoms with van der Waals surface area (Å²) in [5, 5.41) is 9.51. The van der Waals surface area contributed by atoms with Crippen LogP contribution in [-0.2, 0) is 4.79 Å². The fraction of sp³-hybridized carbons (Fsp3) is 0.500. The fourth-order valence-corrected chi connectivity index (χ4v) is 6.60. The lowest BCUT2D eigenvalue weighted by molar-refractivity contribution is -0.125. The average molecular weight is 539 g/mol. The van der Waals surface area contributed by atoms with Gasteiger partial charge in [-0.25, -0.2) is 4.98 Å². The highest BCUT2D eigenvalue weighted by molar-refractivity contribution is 5.93. The Morgan fingerprint density at radius 2 is 1.98 bits per heavy atom. The molecule has 1 saturated heterocycles. The molecule has 1 spiro atoms. The lowest BCUT2D eigenvalue weighted by Crippen LogP contribution is -2.48. The zero-order valence-corrected chi connectivity index (χ0v) is 23.4. The van der Waals surface area contributed by atoms with Crippen LogP contribution >= 0.6 is 0 Å². The molecule has 2 aromatic heterocycles. The van der Waals surface area contributed by atoms with E-state index in [1.54, 1.807) is 12.4 Å². The van der Waals surface area contributed by atoms with Crippen LogP contribution in [0.15, 0.2) is 36.8 Å². The molecule has 8 heteroatoms. The summed E-state index contributed by atoms with van der Waals surface area (Å²) in [7, 11) is 0. The number of carbonyl (C=O) groups excluding carboxylic acids is 1. The Kier molecular flexibility index (Phi) is 8.55. The van der Waals surface area contributed by atoms with Crippen molar-refractivity contribution in [3.05, 3.63) is 42.5 Å². The molecule has 1 unspecified atom stereocenters. The fourth-order valence-electron chi connectivity index (χ4n) is 6.60. The molecular weight excluding hydrogens is 500 g/mol. The lowest BCUT2D eigenvalue weighted by atomic mass is 9.83. The number of hydrogen-bond donors (Lipinski definition) is 1. The second kappa shape index (κ2) is 12.4. The highest BCUT2D eigenvalue weighted by Crippen LogP contribution is 2.53. The van der Waals surface area contributed by atoms with Gasteiger partial charge in [-0.3, -0.25) is 9.78 Å². The van der Waals surface area contributed by atoms with E-state index in [9.17, 15) is 10.1 Å². The molecule has 2 N–H and O–H groups in total. The molecule has 1 aliphatic heterocycles. The minimum atomic E-state index is -0.0630. The van der Waals surface area contributed by atoms with Gasteiger partial charge in [0.05, 0.1) is 24.1 Å². The molecule has 0 radical (unpaired) electrons. The number of pyridine rings is 2. The summed E-state index contributed by atoms with van der Waals surface area (Å²) < 4.78 is 5.62. The molecule has 2 aliphatic carbocycles. The predicted octanol–water partition coefficient (Wildman–Crippen LogP) is 4.77. The van der Waals surface area contributed by atoms with E-state index in [-0.39, 0.29) is 11.5 Å². The summed E-state index contributed by atoms with van der Waals surface area (Å²) >= 11 is 0. The highest BCUT2D eigenvalue weighted by atomic mass is 16.5. The second-order valence-electron chi connectivity index (χ2n) is 11.2. The van der Waals surface area contributed by atoms with Crippen LogP contribution in [0.3, 0.4) is 0 Å². The van der Waals surface area contributed by atoms with Gasteiger partial charge in [0, 0.05) is 56.1 Å². The normalized spacial score (nSPS) is 20.2. The van der Waals surface area contributed by atoms with Gasteiger partial charge in [-0.2, -0.15) is 5.26 Å². The van der Waals surface area contributed by atoms with Crippen LogP contribution < -0.4 is 15.4 Å². The Balaban J connectivity index is 1.17. The third-order valence-corrected chi connectivity index (χ3v) is 8.72. The molecule has 208 valence electrons.